The van der Waals surface area contributed by atoms with E-state index in [0.717, 1.165) is 44.9 Å². The first-order chi connectivity index (χ1) is 18.6. The van der Waals surface area contributed by atoms with E-state index in [1.165, 1.54) is 0 Å². The second-order valence-corrected chi connectivity index (χ2v) is 17.8. The highest BCUT2D eigenvalue weighted by atomic mass is 32.2. The van der Waals surface area contributed by atoms with Crippen LogP contribution in [0.4, 0.5) is 0 Å². The van der Waals surface area contributed by atoms with E-state index in [-0.39, 0.29) is 39.1 Å². The standard InChI is InChI=1S/C34H48O5S2/c1-20(40-21-16-23(31(2,3)4)29(38)24(17-21)32(5,6)7)41-22-18-25(33(8,9)10)30(26(19-22)34(11)14-15-34)39-28(37)13-12-27(35)36/h16-20,38H,12-15H2,1-11H3,(H,35,36). The molecule has 2 aromatic rings. The summed E-state index contributed by atoms with van der Waals surface area (Å²) in [5.41, 5.74) is 3.18. The third kappa shape index (κ3) is 8.47. The van der Waals surface area contributed by atoms with Gasteiger partial charge in [0.15, 0.2) is 0 Å². The second kappa shape index (κ2) is 11.9. The van der Waals surface area contributed by atoms with Gasteiger partial charge in [0.1, 0.15) is 11.5 Å². The quantitative estimate of drug-likeness (QED) is 0.128. The summed E-state index contributed by atoms with van der Waals surface area (Å²) in [5, 5.41) is 20.2. The molecule has 1 unspecified atom stereocenters. The van der Waals surface area contributed by atoms with Crippen LogP contribution in [0.2, 0.25) is 0 Å². The predicted molar refractivity (Wildman–Crippen MR) is 171 cm³/mol. The zero-order valence-electron chi connectivity index (χ0n) is 26.7. The van der Waals surface area contributed by atoms with Crippen molar-refractivity contribution in [3.8, 4) is 11.5 Å². The zero-order valence-corrected chi connectivity index (χ0v) is 28.3. The number of carboxylic acid groups (broad SMARTS) is 1. The highest BCUT2D eigenvalue weighted by Gasteiger charge is 2.43. The smallest absolute Gasteiger partial charge is 0.311 e. The highest BCUT2D eigenvalue weighted by Crippen LogP contribution is 2.54. The molecule has 226 valence electrons. The van der Waals surface area contributed by atoms with E-state index < -0.39 is 11.9 Å². The topological polar surface area (TPSA) is 83.8 Å². The van der Waals surface area contributed by atoms with Crippen molar-refractivity contribution in [2.75, 3.05) is 0 Å². The van der Waals surface area contributed by atoms with E-state index in [4.69, 9.17) is 9.84 Å². The maximum atomic E-state index is 12.7. The Morgan fingerprint density at radius 2 is 1.27 bits per heavy atom. The number of hydrogen-bond acceptors (Lipinski definition) is 6. The van der Waals surface area contributed by atoms with E-state index in [2.05, 4.69) is 100 Å². The van der Waals surface area contributed by atoms with Gasteiger partial charge in [0, 0.05) is 32.0 Å². The summed E-state index contributed by atoms with van der Waals surface area (Å²) in [5.74, 6) is -0.533. The Bertz CT molecular complexity index is 1240. The van der Waals surface area contributed by atoms with Crippen molar-refractivity contribution in [1.82, 2.24) is 0 Å². The Kier molecular flexibility index (Phi) is 9.67. The van der Waals surface area contributed by atoms with Crippen LogP contribution in [-0.2, 0) is 31.2 Å². The number of benzene rings is 2. The fraction of sp³-hybridized carbons (Fsp3) is 0.588. The number of phenols is 1. The van der Waals surface area contributed by atoms with Crippen LogP contribution in [0.25, 0.3) is 0 Å². The lowest BCUT2D eigenvalue weighted by Crippen LogP contribution is -2.20. The number of ether oxygens (including phenoxy) is 1. The van der Waals surface area contributed by atoms with E-state index in [1.807, 2.05) is 0 Å². The van der Waals surface area contributed by atoms with Gasteiger partial charge in [-0.3, -0.25) is 9.59 Å². The van der Waals surface area contributed by atoms with Gasteiger partial charge in [-0.2, -0.15) is 0 Å². The number of hydrogen-bond donors (Lipinski definition) is 2. The number of phenolic OH excluding ortho intramolecular Hbond substituents is 1. The van der Waals surface area contributed by atoms with Crippen LogP contribution in [0.5, 0.6) is 11.5 Å². The summed E-state index contributed by atoms with van der Waals surface area (Å²) < 4.78 is 6.11. The van der Waals surface area contributed by atoms with Crippen LogP contribution in [0.15, 0.2) is 34.1 Å². The van der Waals surface area contributed by atoms with Gasteiger partial charge in [-0.15, -0.1) is 23.5 Å². The molecule has 1 atom stereocenters. The lowest BCUT2D eigenvalue weighted by atomic mass is 9.79. The molecule has 1 fully saturated rings. The van der Waals surface area contributed by atoms with Gasteiger partial charge < -0.3 is 14.9 Å². The molecule has 2 aromatic carbocycles. The first-order valence-electron chi connectivity index (χ1n) is 14.4. The molecule has 41 heavy (non-hydrogen) atoms. The molecule has 2 N–H and O–H groups in total. The number of carbonyl (C=O) groups excluding carboxylic acids is 1. The number of rotatable bonds is 9. The average Bonchev–Trinajstić information content (AvgIpc) is 3.55. The van der Waals surface area contributed by atoms with Crippen molar-refractivity contribution in [3.63, 3.8) is 0 Å². The highest BCUT2D eigenvalue weighted by molar-refractivity contribution is 8.17. The average molecular weight is 601 g/mol. The molecule has 7 heteroatoms. The third-order valence-electron chi connectivity index (χ3n) is 7.58. The second-order valence-electron chi connectivity index (χ2n) is 14.7. The predicted octanol–water partition coefficient (Wildman–Crippen LogP) is 9.34. The van der Waals surface area contributed by atoms with Crippen molar-refractivity contribution in [1.29, 1.82) is 0 Å². The van der Waals surface area contributed by atoms with Crippen LogP contribution in [0, 0.1) is 0 Å². The van der Waals surface area contributed by atoms with Gasteiger partial charge in [0.2, 0.25) is 0 Å². The molecular weight excluding hydrogens is 553 g/mol. The third-order valence-corrected chi connectivity index (χ3v) is 9.84. The summed E-state index contributed by atoms with van der Waals surface area (Å²) in [6.45, 7) is 23.5. The zero-order chi connectivity index (χ0) is 31.1. The van der Waals surface area contributed by atoms with Crippen molar-refractivity contribution in [2.45, 2.75) is 138 Å². The summed E-state index contributed by atoms with van der Waals surface area (Å²) in [6.07, 6.45) is 1.64. The van der Waals surface area contributed by atoms with Crippen LogP contribution in [-0.4, -0.2) is 26.7 Å². The molecule has 1 aliphatic rings. The van der Waals surface area contributed by atoms with Gasteiger partial charge in [-0.1, -0.05) is 69.2 Å². The van der Waals surface area contributed by atoms with E-state index in [0.29, 0.717) is 11.5 Å². The fourth-order valence-corrected chi connectivity index (χ4v) is 7.21. The van der Waals surface area contributed by atoms with Gasteiger partial charge in [0.05, 0.1) is 17.4 Å². The molecule has 0 saturated heterocycles. The molecule has 0 aliphatic heterocycles. The summed E-state index contributed by atoms with van der Waals surface area (Å²) in [4.78, 5) is 25.9. The maximum absolute atomic E-state index is 12.7. The van der Waals surface area contributed by atoms with Gasteiger partial charge in [-0.05, 0) is 65.7 Å². The Balaban J connectivity index is 1.99. The summed E-state index contributed by atoms with van der Waals surface area (Å²) >= 11 is 3.57. The van der Waals surface area contributed by atoms with E-state index >= 15 is 0 Å². The molecule has 0 heterocycles. The molecule has 0 aromatic heterocycles. The molecule has 1 saturated carbocycles. The van der Waals surface area contributed by atoms with Crippen LogP contribution in [0.3, 0.4) is 0 Å². The Morgan fingerprint density at radius 1 is 0.829 bits per heavy atom. The summed E-state index contributed by atoms with van der Waals surface area (Å²) in [7, 11) is 0. The molecule has 5 nitrogen and oxygen atoms in total. The number of carbonyl (C=O) groups is 2. The maximum Gasteiger partial charge on any atom is 0.311 e. The Morgan fingerprint density at radius 3 is 1.68 bits per heavy atom. The number of esters is 1. The Labute approximate surface area is 255 Å². The van der Waals surface area contributed by atoms with Gasteiger partial charge in [0.25, 0.3) is 0 Å². The number of carboxylic acids is 1. The molecule has 0 bridgehead atoms. The lowest BCUT2D eigenvalue weighted by Gasteiger charge is -2.29. The van der Waals surface area contributed by atoms with Crippen molar-refractivity contribution in [2.24, 2.45) is 0 Å². The molecule has 1 aliphatic carbocycles. The minimum absolute atomic E-state index is 0.0600. The van der Waals surface area contributed by atoms with E-state index in [1.54, 1.807) is 23.5 Å². The van der Waals surface area contributed by atoms with Crippen LogP contribution < -0.4 is 4.74 Å². The van der Waals surface area contributed by atoms with Crippen molar-refractivity contribution >= 4 is 35.5 Å². The minimum atomic E-state index is -1.01. The number of aromatic hydroxyl groups is 1. The molecule has 0 radical (unpaired) electrons. The number of thioether (sulfide) groups is 2. The van der Waals surface area contributed by atoms with Crippen LogP contribution in [0.1, 0.15) is 124 Å². The molecule has 0 spiro atoms. The van der Waals surface area contributed by atoms with Gasteiger partial charge >= 0.3 is 11.9 Å². The Hall–Kier alpha value is -2.12. The lowest BCUT2D eigenvalue weighted by molar-refractivity contribution is -0.142. The molecule has 0 amide bonds. The van der Waals surface area contributed by atoms with Crippen molar-refractivity contribution in [3.05, 3.63) is 46.5 Å². The van der Waals surface area contributed by atoms with E-state index in [9.17, 15) is 14.7 Å². The SMILES string of the molecule is CC(Sc1cc(C(C)(C)C)c(O)c(C(C)(C)C)c1)Sc1cc(C(C)(C)C)c(OC(=O)CCC(=O)O)c(C2(C)CC2)c1. The largest absolute Gasteiger partial charge is 0.507 e. The van der Waals surface area contributed by atoms with Crippen molar-refractivity contribution < 1.29 is 24.5 Å². The first-order valence-corrected chi connectivity index (χ1v) is 16.2. The minimum Gasteiger partial charge on any atom is -0.507 e. The molecule has 3 rings (SSSR count). The summed E-state index contributed by atoms with van der Waals surface area (Å²) in [6, 6.07) is 8.56. The normalized spacial score (nSPS) is 15.9. The number of aliphatic carboxylic acids is 1. The molecular formula is C34H48O5S2. The first kappa shape index (κ1) is 33.4. The fourth-order valence-electron chi connectivity index (χ4n) is 4.84. The van der Waals surface area contributed by atoms with Gasteiger partial charge in [-0.25, -0.2) is 0 Å². The van der Waals surface area contributed by atoms with Crippen LogP contribution >= 0.6 is 23.5 Å². The monoisotopic (exact) mass is 600 g/mol.